The molecule has 0 fully saturated rings. The van der Waals surface area contributed by atoms with Crippen molar-refractivity contribution in [1.29, 1.82) is 0 Å². The van der Waals surface area contributed by atoms with E-state index in [0.29, 0.717) is 5.16 Å². The van der Waals surface area contributed by atoms with Crippen LogP contribution in [0.15, 0.2) is 40.6 Å². The van der Waals surface area contributed by atoms with E-state index < -0.39 is 5.97 Å². The lowest BCUT2D eigenvalue weighted by Crippen LogP contribution is -1.95. The smallest absolute Gasteiger partial charge is 0.335 e. The summed E-state index contributed by atoms with van der Waals surface area (Å²) in [6.45, 7) is 0. The van der Waals surface area contributed by atoms with Crippen molar-refractivity contribution in [2.75, 3.05) is 0 Å². The highest BCUT2D eigenvalue weighted by Gasteiger charge is 2.05. The second-order valence-electron chi connectivity index (χ2n) is 2.73. The summed E-state index contributed by atoms with van der Waals surface area (Å²) in [4.78, 5) is 15.5. The highest BCUT2D eigenvalue weighted by atomic mass is 32.2. The van der Waals surface area contributed by atoms with Gasteiger partial charge in [0.05, 0.1) is 5.56 Å². The third-order valence-electron chi connectivity index (χ3n) is 1.69. The van der Waals surface area contributed by atoms with E-state index in [1.165, 1.54) is 18.1 Å². The largest absolute Gasteiger partial charge is 0.478 e. The number of benzene rings is 1. The Morgan fingerprint density at radius 3 is 3.00 bits per heavy atom. The zero-order valence-corrected chi connectivity index (χ0v) is 8.36. The van der Waals surface area contributed by atoms with E-state index in [1.54, 1.807) is 18.2 Å². The van der Waals surface area contributed by atoms with Crippen LogP contribution >= 0.6 is 11.8 Å². The van der Waals surface area contributed by atoms with Gasteiger partial charge in [0.1, 0.15) is 6.33 Å². The normalized spacial score (nSPS) is 10.1. The van der Waals surface area contributed by atoms with Gasteiger partial charge in [-0.15, -0.1) is 0 Å². The number of nitrogens with zero attached hydrogens (tertiary/aromatic N) is 2. The first-order valence-electron chi connectivity index (χ1n) is 4.12. The Hall–Kier alpha value is -1.82. The predicted molar refractivity (Wildman–Crippen MR) is 53.9 cm³/mol. The summed E-state index contributed by atoms with van der Waals surface area (Å²) in [7, 11) is 0. The van der Waals surface area contributed by atoms with Crippen LogP contribution in [0.4, 0.5) is 0 Å². The average Bonchev–Trinajstić information content (AvgIpc) is 2.71. The summed E-state index contributed by atoms with van der Waals surface area (Å²) in [6.07, 6.45) is 1.41. The molecule has 1 aromatic heterocycles. The van der Waals surface area contributed by atoms with Gasteiger partial charge in [0.25, 0.3) is 0 Å². The molecule has 0 aliphatic rings. The first kappa shape index (κ1) is 9.72. The molecular weight excluding hydrogens is 214 g/mol. The monoisotopic (exact) mass is 221 g/mol. The van der Waals surface area contributed by atoms with Crippen LogP contribution < -0.4 is 0 Å². The number of aromatic nitrogens is 3. The highest BCUT2D eigenvalue weighted by Crippen LogP contribution is 2.24. The fourth-order valence-electron chi connectivity index (χ4n) is 1.05. The van der Waals surface area contributed by atoms with E-state index >= 15 is 0 Å². The summed E-state index contributed by atoms with van der Waals surface area (Å²) in [5.74, 6) is -0.935. The van der Waals surface area contributed by atoms with Gasteiger partial charge in [0, 0.05) is 4.90 Å². The predicted octanol–water partition coefficient (Wildman–Crippen LogP) is 1.65. The number of hydrogen-bond donors (Lipinski definition) is 2. The van der Waals surface area contributed by atoms with Gasteiger partial charge in [-0.3, -0.25) is 5.10 Å². The van der Waals surface area contributed by atoms with Crippen LogP contribution in [0.1, 0.15) is 10.4 Å². The summed E-state index contributed by atoms with van der Waals surface area (Å²) in [5.41, 5.74) is 0.263. The summed E-state index contributed by atoms with van der Waals surface area (Å²) in [6, 6.07) is 6.66. The van der Waals surface area contributed by atoms with Gasteiger partial charge in [-0.25, -0.2) is 9.78 Å². The van der Waals surface area contributed by atoms with Gasteiger partial charge in [0.2, 0.25) is 0 Å². The molecule has 1 heterocycles. The first-order valence-corrected chi connectivity index (χ1v) is 4.94. The second-order valence-corrected chi connectivity index (χ2v) is 3.79. The summed E-state index contributed by atoms with van der Waals surface area (Å²) >= 11 is 1.33. The zero-order valence-electron chi connectivity index (χ0n) is 7.54. The van der Waals surface area contributed by atoms with E-state index in [2.05, 4.69) is 15.2 Å². The highest BCUT2D eigenvalue weighted by molar-refractivity contribution is 7.99. The van der Waals surface area contributed by atoms with Gasteiger partial charge in [-0.05, 0) is 18.2 Å². The molecule has 0 unspecified atom stereocenters. The van der Waals surface area contributed by atoms with Crippen LogP contribution in [0, 0.1) is 0 Å². The molecule has 2 aromatic rings. The molecule has 2 N–H and O–H groups in total. The molecular formula is C9H7N3O2S. The Morgan fingerprint density at radius 1 is 1.47 bits per heavy atom. The van der Waals surface area contributed by atoms with E-state index in [-0.39, 0.29) is 5.56 Å². The molecule has 76 valence electrons. The SMILES string of the molecule is O=C(O)c1cccc(Sc2ncn[nH]2)c1. The number of hydrogen-bond acceptors (Lipinski definition) is 4. The molecule has 15 heavy (non-hydrogen) atoms. The van der Waals surface area contributed by atoms with Crippen molar-refractivity contribution < 1.29 is 9.90 Å². The number of carboxylic acids is 1. The van der Waals surface area contributed by atoms with Gasteiger partial charge in [-0.2, -0.15) is 5.10 Å². The van der Waals surface area contributed by atoms with Crippen LogP contribution in [0.25, 0.3) is 0 Å². The molecule has 0 aliphatic heterocycles. The third kappa shape index (κ3) is 2.35. The Kier molecular flexibility index (Phi) is 2.68. The third-order valence-corrected chi connectivity index (χ3v) is 2.57. The Labute approximate surface area is 89.5 Å². The summed E-state index contributed by atoms with van der Waals surface area (Å²) in [5, 5.41) is 15.8. The van der Waals surface area contributed by atoms with Crippen molar-refractivity contribution in [3.63, 3.8) is 0 Å². The molecule has 0 radical (unpaired) electrons. The molecule has 1 aromatic carbocycles. The van der Waals surface area contributed by atoms with Crippen molar-refractivity contribution in [2.45, 2.75) is 10.1 Å². The van der Waals surface area contributed by atoms with Crippen molar-refractivity contribution in [3.05, 3.63) is 36.2 Å². The zero-order chi connectivity index (χ0) is 10.7. The Morgan fingerprint density at radius 2 is 2.33 bits per heavy atom. The average molecular weight is 221 g/mol. The molecule has 0 bridgehead atoms. The molecule has 0 amide bonds. The van der Waals surface area contributed by atoms with Gasteiger partial charge >= 0.3 is 5.97 Å². The fourth-order valence-corrected chi connectivity index (χ4v) is 1.80. The number of carbonyl (C=O) groups is 1. The molecule has 0 saturated heterocycles. The van der Waals surface area contributed by atoms with E-state index in [0.717, 1.165) is 4.90 Å². The van der Waals surface area contributed by atoms with Crippen LogP contribution in [-0.2, 0) is 0 Å². The van der Waals surface area contributed by atoms with Gasteiger partial charge < -0.3 is 5.11 Å². The minimum absolute atomic E-state index is 0.263. The van der Waals surface area contributed by atoms with Crippen molar-refractivity contribution in [2.24, 2.45) is 0 Å². The fraction of sp³-hybridized carbons (Fsp3) is 0. The molecule has 0 atom stereocenters. The van der Waals surface area contributed by atoms with Crippen molar-refractivity contribution in [3.8, 4) is 0 Å². The minimum atomic E-state index is -0.935. The minimum Gasteiger partial charge on any atom is -0.478 e. The van der Waals surface area contributed by atoms with E-state index in [1.807, 2.05) is 6.07 Å². The van der Waals surface area contributed by atoms with E-state index in [9.17, 15) is 4.79 Å². The van der Waals surface area contributed by atoms with Crippen LogP contribution in [-0.4, -0.2) is 26.3 Å². The van der Waals surface area contributed by atoms with Crippen LogP contribution in [0.2, 0.25) is 0 Å². The molecule has 5 nitrogen and oxygen atoms in total. The number of carboxylic acid groups (broad SMARTS) is 1. The standard InChI is InChI=1S/C9H7N3O2S/c13-8(14)6-2-1-3-7(4-6)15-9-10-5-11-12-9/h1-5H,(H,13,14)(H,10,11,12). The first-order chi connectivity index (χ1) is 7.25. The number of H-pyrrole nitrogens is 1. The number of rotatable bonds is 3. The molecule has 6 heteroatoms. The topological polar surface area (TPSA) is 78.9 Å². The van der Waals surface area contributed by atoms with Gasteiger partial charge in [-0.1, -0.05) is 17.8 Å². The maximum atomic E-state index is 10.7. The molecule has 0 saturated carbocycles. The lowest BCUT2D eigenvalue weighted by atomic mass is 10.2. The van der Waals surface area contributed by atoms with Crippen molar-refractivity contribution >= 4 is 17.7 Å². The lowest BCUT2D eigenvalue weighted by molar-refractivity contribution is 0.0696. The van der Waals surface area contributed by atoms with Crippen LogP contribution in [0.3, 0.4) is 0 Å². The van der Waals surface area contributed by atoms with E-state index in [4.69, 9.17) is 5.11 Å². The lowest BCUT2D eigenvalue weighted by Gasteiger charge is -1.98. The summed E-state index contributed by atoms with van der Waals surface area (Å²) < 4.78 is 0. The molecule has 0 spiro atoms. The second kappa shape index (κ2) is 4.14. The van der Waals surface area contributed by atoms with Gasteiger partial charge in [0.15, 0.2) is 5.16 Å². The van der Waals surface area contributed by atoms with Crippen molar-refractivity contribution in [1.82, 2.24) is 15.2 Å². The number of aromatic carboxylic acids is 1. The Balaban J connectivity index is 2.22. The quantitative estimate of drug-likeness (QED) is 0.823. The number of aromatic amines is 1. The maximum absolute atomic E-state index is 10.7. The number of nitrogens with one attached hydrogen (secondary N) is 1. The van der Waals surface area contributed by atoms with Crippen LogP contribution in [0.5, 0.6) is 0 Å². The Bertz CT molecular complexity index is 470. The maximum Gasteiger partial charge on any atom is 0.335 e. The molecule has 0 aliphatic carbocycles. The molecule has 2 rings (SSSR count).